The summed E-state index contributed by atoms with van der Waals surface area (Å²) < 4.78 is 2.50. The molecule has 0 amide bonds. The van der Waals surface area contributed by atoms with E-state index in [1.807, 2.05) is 11.8 Å². The summed E-state index contributed by atoms with van der Waals surface area (Å²) in [6.45, 7) is 0. The number of aromatic nitrogens is 1. The van der Waals surface area contributed by atoms with Crippen LogP contribution in [0, 0.1) is 0 Å². The summed E-state index contributed by atoms with van der Waals surface area (Å²) in [5.41, 5.74) is 17.0. The maximum Gasteiger partial charge on any atom is 0.0537 e. The van der Waals surface area contributed by atoms with Gasteiger partial charge in [0.2, 0.25) is 0 Å². The molecular weight excluding hydrogens is 719 g/mol. The molecule has 2 aliphatic carbocycles. The van der Waals surface area contributed by atoms with Crippen molar-refractivity contribution in [3.63, 3.8) is 0 Å². The van der Waals surface area contributed by atoms with Crippen LogP contribution in [0.2, 0.25) is 0 Å². The average molecular weight is 758 g/mol. The van der Waals surface area contributed by atoms with Crippen molar-refractivity contribution in [1.82, 2.24) is 4.57 Å². The van der Waals surface area contributed by atoms with Gasteiger partial charge in [0.25, 0.3) is 0 Å². The van der Waals surface area contributed by atoms with Crippen LogP contribution in [0.5, 0.6) is 0 Å². The Bertz CT molecular complexity index is 3140. The lowest BCUT2D eigenvalue weighted by Gasteiger charge is -2.24. The largest absolute Gasteiger partial charge is 0.310 e. The van der Waals surface area contributed by atoms with E-state index >= 15 is 0 Å². The number of rotatable bonds is 5. The molecule has 0 radical (unpaired) electrons. The zero-order valence-electron chi connectivity index (χ0n) is 32.0. The summed E-state index contributed by atoms with van der Waals surface area (Å²) in [5, 5.41) is 6.87. The molecule has 2 heteroatoms. The van der Waals surface area contributed by atoms with Gasteiger partial charge in [0, 0.05) is 32.8 Å². The fourth-order valence-corrected chi connectivity index (χ4v) is 11.5. The fourth-order valence-electron chi connectivity index (χ4n) is 10.0. The molecule has 3 aliphatic rings. The third-order valence-electron chi connectivity index (χ3n) is 12.6. The van der Waals surface area contributed by atoms with Gasteiger partial charge in [-0.1, -0.05) is 158 Å². The Morgan fingerprint density at radius 3 is 1.98 bits per heavy atom. The predicted octanol–water partition coefficient (Wildman–Crippen LogP) is 15.1. The normalized spacial score (nSPS) is 16.7. The van der Waals surface area contributed by atoms with Crippen molar-refractivity contribution in [2.75, 3.05) is 0 Å². The van der Waals surface area contributed by atoms with Gasteiger partial charge in [-0.15, -0.1) is 11.8 Å². The Morgan fingerprint density at radius 2 is 1.21 bits per heavy atom. The highest BCUT2D eigenvalue weighted by atomic mass is 32.2. The summed E-state index contributed by atoms with van der Waals surface area (Å²) in [4.78, 5) is 1.40. The summed E-state index contributed by atoms with van der Waals surface area (Å²) in [5.74, 6) is 0.336. The smallest absolute Gasteiger partial charge is 0.0537 e. The molecule has 12 rings (SSSR count). The lowest BCUT2D eigenvalue weighted by molar-refractivity contribution is 0.892. The maximum absolute atomic E-state index is 2.51. The third kappa shape index (κ3) is 5.25. The summed E-state index contributed by atoms with van der Waals surface area (Å²) in [6, 6.07) is 63.2. The predicted molar refractivity (Wildman–Crippen MR) is 248 cm³/mol. The van der Waals surface area contributed by atoms with Crippen molar-refractivity contribution in [3.05, 3.63) is 217 Å². The van der Waals surface area contributed by atoms with Gasteiger partial charge in [-0.3, -0.25) is 0 Å². The van der Waals surface area contributed by atoms with Gasteiger partial charge >= 0.3 is 0 Å². The third-order valence-corrected chi connectivity index (χ3v) is 14.1. The van der Waals surface area contributed by atoms with Crippen LogP contribution >= 0.6 is 11.8 Å². The topological polar surface area (TPSA) is 4.93 Å². The molecule has 1 nitrogen and oxygen atoms in total. The second-order valence-corrected chi connectivity index (χ2v) is 17.0. The lowest BCUT2D eigenvalue weighted by atomic mass is 9.84. The van der Waals surface area contributed by atoms with Gasteiger partial charge in [0.05, 0.1) is 5.52 Å². The molecular formula is C56H39NS. The van der Waals surface area contributed by atoms with E-state index in [9.17, 15) is 0 Å². The molecule has 0 N–H and O–H groups in total. The number of nitrogens with zero attached hydrogens (tertiary/aromatic N) is 1. The minimum absolute atomic E-state index is 0.336. The first-order valence-corrected chi connectivity index (χ1v) is 21.3. The summed E-state index contributed by atoms with van der Waals surface area (Å²) in [7, 11) is 0. The minimum atomic E-state index is 0.336. The van der Waals surface area contributed by atoms with Crippen molar-refractivity contribution in [3.8, 4) is 39.1 Å². The molecule has 9 aromatic rings. The first kappa shape index (κ1) is 33.5. The van der Waals surface area contributed by atoms with Gasteiger partial charge < -0.3 is 4.57 Å². The Balaban J connectivity index is 0.962. The standard InChI is InChI=1S/C56H39NS/c1-2-14-36(15-3-1)38-16-12-17-40(34-38)55-47-22-6-4-20-45(47)54(46-21-5-7-23-48(46)55)37-28-31-41(32-29-37)57-51-26-10-8-18-43(51)50-35-39(30-33-52(50)57)42-24-13-25-49-44-19-9-11-27-53(44)58-56(42)49/h1-7,9-17,19-35,42,56H,8,18H2. The van der Waals surface area contributed by atoms with Crippen molar-refractivity contribution in [2.45, 2.75) is 28.9 Å². The molecule has 2 atom stereocenters. The first-order chi connectivity index (χ1) is 28.8. The van der Waals surface area contributed by atoms with Crippen LogP contribution in [0.4, 0.5) is 0 Å². The molecule has 0 spiro atoms. The van der Waals surface area contributed by atoms with E-state index in [1.165, 1.54) is 104 Å². The number of aryl methyl sites for hydroxylation is 1. The number of fused-ring (bicyclic) bond motifs is 8. The first-order valence-electron chi connectivity index (χ1n) is 20.5. The molecule has 274 valence electrons. The molecule has 0 bridgehead atoms. The van der Waals surface area contributed by atoms with Crippen molar-refractivity contribution in [1.29, 1.82) is 0 Å². The zero-order valence-corrected chi connectivity index (χ0v) is 32.8. The van der Waals surface area contributed by atoms with Gasteiger partial charge in [0.1, 0.15) is 0 Å². The molecule has 8 aromatic carbocycles. The van der Waals surface area contributed by atoms with Crippen molar-refractivity contribution in [2.24, 2.45) is 0 Å². The summed E-state index contributed by atoms with van der Waals surface area (Å²) >= 11 is 2.02. The quantitative estimate of drug-likeness (QED) is 0.158. The number of allylic oxidation sites excluding steroid dienone is 4. The Morgan fingerprint density at radius 1 is 0.534 bits per heavy atom. The van der Waals surface area contributed by atoms with Crippen molar-refractivity contribution >= 4 is 55.9 Å². The SMILES string of the molecule is C1=CC(c2ccc3c(c2)c2c(n3-c3ccc(-c4c5ccccc5c(-c5cccc(-c6ccccc6)c5)c5ccccc45)cc3)C=CCC2)C2Sc3ccccc3C2=C1. The van der Waals surface area contributed by atoms with E-state index in [0.717, 1.165) is 12.8 Å². The van der Waals surface area contributed by atoms with E-state index in [-0.39, 0.29) is 0 Å². The second kappa shape index (κ2) is 13.5. The lowest BCUT2D eigenvalue weighted by Crippen LogP contribution is -2.14. The van der Waals surface area contributed by atoms with Crippen LogP contribution in [-0.4, -0.2) is 9.82 Å². The molecule has 2 unspecified atom stereocenters. The molecule has 0 saturated carbocycles. The maximum atomic E-state index is 2.51. The number of hydrogen-bond acceptors (Lipinski definition) is 1. The minimum Gasteiger partial charge on any atom is -0.310 e. The van der Waals surface area contributed by atoms with E-state index in [0.29, 0.717) is 11.2 Å². The Labute approximate surface area is 343 Å². The Kier molecular flexibility index (Phi) is 7.81. The van der Waals surface area contributed by atoms with Crippen molar-refractivity contribution < 1.29 is 0 Å². The van der Waals surface area contributed by atoms with E-state index in [2.05, 4.69) is 205 Å². The monoisotopic (exact) mass is 757 g/mol. The highest BCUT2D eigenvalue weighted by molar-refractivity contribution is 8.01. The molecule has 1 aromatic heterocycles. The van der Waals surface area contributed by atoms with Crippen LogP contribution < -0.4 is 0 Å². The average Bonchev–Trinajstić information content (AvgIpc) is 3.84. The van der Waals surface area contributed by atoms with Crippen LogP contribution in [0.1, 0.15) is 34.7 Å². The molecule has 0 saturated heterocycles. The van der Waals surface area contributed by atoms with E-state index < -0.39 is 0 Å². The highest BCUT2D eigenvalue weighted by Crippen LogP contribution is 2.53. The Hall–Kier alpha value is -6.61. The van der Waals surface area contributed by atoms with E-state index in [1.54, 1.807) is 0 Å². The molecule has 1 aliphatic heterocycles. The molecule has 58 heavy (non-hydrogen) atoms. The van der Waals surface area contributed by atoms with Gasteiger partial charge in [0.15, 0.2) is 0 Å². The number of hydrogen-bond donors (Lipinski definition) is 0. The van der Waals surface area contributed by atoms with Gasteiger partial charge in [-0.05, 0) is 133 Å². The van der Waals surface area contributed by atoms with Crippen LogP contribution in [0.25, 0.3) is 83.2 Å². The van der Waals surface area contributed by atoms with Crippen LogP contribution in [0.3, 0.4) is 0 Å². The van der Waals surface area contributed by atoms with Gasteiger partial charge in [-0.2, -0.15) is 0 Å². The van der Waals surface area contributed by atoms with Crippen LogP contribution in [-0.2, 0) is 6.42 Å². The highest BCUT2D eigenvalue weighted by Gasteiger charge is 2.35. The number of benzene rings is 8. The molecule has 0 fully saturated rings. The van der Waals surface area contributed by atoms with E-state index in [4.69, 9.17) is 0 Å². The fraction of sp³-hybridized carbons (Fsp3) is 0.0714. The summed E-state index contributed by atoms with van der Waals surface area (Å²) in [6.07, 6.45) is 13.8. The second-order valence-electron chi connectivity index (χ2n) is 15.8. The molecule has 2 heterocycles. The van der Waals surface area contributed by atoms with Crippen LogP contribution in [0.15, 0.2) is 199 Å². The number of thioether (sulfide) groups is 1. The van der Waals surface area contributed by atoms with Gasteiger partial charge in [-0.25, -0.2) is 0 Å². The zero-order chi connectivity index (χ0) is 38.2.